The monoisotopic (exact) mass is 258 g/mol. The Hall–Kier alpha value is -2.14. The van der Waals surface area contributed by atoms with E-state index in [1.54, 1.807) is 18.0 Å². The first kappa shape index (κ1) is 13.3. The summed E-state index contributed by atoms with van der Waals surface area (Å²) in [6.45, 7) is 2.72. The zero-order chi connectivity index (χ0) is 13.7. The van der Waals surface area contributed by atoms with Crippen molar-refractivity contribution in [2.24, 2.45) is 5.73 Å². The van der Waals surface area contributed by atoms with Gasteiger partial charge in [0.2, 0.25) is 5.91 Å². The molecule has 5 heteroatoms. The molecule has 1 aromatic heterocycles. The van der Waals surface area contributed by atoms with Crippen molar-refractivity contribution < 1.29 is 4.79 Å². The van der Waals surface area contributed by atoms with Crippen LogP contribution >= 0.6 is 0 Å². The molecule has 1 heterocycles. The lowest BCUT2D eigenvalue weighted by atomic mass is 10.2. The van der Waals surface area contributed by atoms with Gasteiger partial charge in [-0.15, -0.1) is 0 Å². The number of nitrogens with one attached hydrogen (secondary N) is 1. The van der Waals surface area contributed by atoms with Crippen LogP contribution in [-0.4, -0.2) is 27.0 Å². The summed E-state index contributed by atoms with van der Waals surface area (Å²) in [5.41, 5.74) is 7.68. The van der Waals surface area contributed by atoms with E-state index >= 15 is 0 Å². The fraction of sp³-hybridized carbons (Fsp3) is 0.286. The molecule has 0 bridgehead atoms. The molecule has 0 unspecified atom stereocenters. The van der Waals surface area contributed by atoms with Crippen molar-refractivity contribution in [2.75, 3.05) is 0 Å². The molecule has 0 aliphatic heterocycles. The molecule has 2 aromatic rings. The molecule has 0 fully saturated rings. The molecule has 2 rings (SSSR count). The van der Waals surface area contributed by atoms with E-state index in [9.17, 15) is 4.79 Å². The number of aromatic amines is 1. The van der Waals surface area contributed by atoms with Crippen molar-refractivity contribution >= 4 is 5.91 Å². The number of hydrogen-bond donors (Lipinski definition) is 2. The second-order valence-corrected chi connectivity index (χ2v) is 4.55. The molecule has 1 amide bonds. The smallest absolute Gasteiger partial charge is 0.239 e. The summed E-state index contributed by atoms with van der Waals surface area (Å²) in [6.07, 6.45) is 1.67. The van der Waals surface area contributed by atoms with Crippen molar-refractivity contribution in [2.45, 2.75) is 26.1 Å². The number of nitrogens with two attached hydrogens (primary N) is 1. The van der Waals surface area contributed by atoms with E-state index in [2.05, 4.69) is 10.2 Å². The quantitative estimate of drug-likeness (QED) is 0.848. The Bertz CT molecular complexity index is 508. The summed E-state index contributed by atoms with van der Waals surface area (Å²) in [7, 11) is 0. The van der Waals surface area contributed by atoms with Gasteiger partial charge in [-0.05, 0) is 18.6 Å². The number of amides is 1. The van der Waals surface area contributed by atoms with Crippen LogP contribution < -0.4 is 5.73 Å². The summed E-state index contributed by atoms with van der Waals surface area (Å²) in [4.78, 5) is 13.9. The van der Waals surface area contributed by atoms with Gasteiger partial charge >= 0.3 is 0 Å². The lowest BCUT2D eigenvalue weighted by molar-refractivity contribution is -0.133. The fourth-order valence-corrected chi connectivity index (χ4v) is 1.88. The third-order valence-electron chi connectivity index (χ3n) is 2.84. The van der Waals surface area contributed by atoms with Crippen molar-refractivity contribution in [1.29, 1.82) is 0 Å². The summed E-state index contributed by atoms with van der Waals surface area (Å²) in [5, 5.41) is 6.75. The van der Waals surface area contributed by atoms with Crippen molar-refractivity contribution in [3.05, 3.63) is 53.9 Å². The minimum Gasteiger partial charge on any atom is -0.331 e. The lowest BCUT2D eigenvalue weighted by Gasteiger charge is -2.24. The highest BCUT2D eigenvalue weighted by Gasteiger charge is 2.18. The van der Waals surface area contributed by atoms with E-state index in [4.69, 9.17) is 5.73 Å². The topological polar surface area (TPSA) is 75.0 Å². The average molecular weight is 258 g/mol. The van der Waals surface area contributed by atoms with Crippen LogP contribution in [0, 0.1) is 0 Å². The van der Waals surface area contributed by atoms with Crippen LogP contribution in [0.1, 0.15) is 18.2 Å². The molecule has 5 nitrogen and oxygen atoms in total. The maximum absolute atomic E-state index is 12.1. The van der Waals surface area contributed by atoms with Gasteiger partial charge in [-0.3, -0.25) is 9.89 Å². The zero-order valence-corrected chi connectivity index (χ0v) is 10.9. The number of nitrogens with zero attached hydrogens (tertiary/aromatic N) is 2. The van der Waals surface area contributed by atoms with E-state index in [0.717, 1.165) is 11.3 Å². The highest BCUT2D eigenvalue weighted by atomic mass is 16.2. The van der Waals surface area contributed by atoms with E-state index in [-0.39, 0.29) is 5.91 Å². The van der Waals surface area contributed by atoms with Gasteiger partial charge in [0.15, 0.2) is 0 Å². The van der Waals surface area contributed by atoms with E-state index < -0.39 is 6.04 Å². The number of hydrogen-bond acceptors (Lipinski definition) is 3. The van der Waals surface area contributed by atoms with Crippen LogP contribution in [0.3, 0.4) is 0 Å². The number of benzene rings is 1. The van der Waals surface area contributed by atoms with E-state index in [1.807, 2.05) is 36.4 Å². The van der Waals surface area contributed by atoms with Gasteiger partial charge in [0.1, 0.15) is 0 Å². The molecule has 1 atom stereocenters. The van der Waals surface area contributed by atoms with Gasteiger partial charge in [-0.25, -0.2) is 0 Å². The Labute approximate surface area is 112 Å². The molecule has 0 radical (unpaired) electrons. The summed E-state index contributed by atoms with van der Waals surface area (Å²) in [5.74, 6) is -0.0709. The van der Waals surface area contributed by atoms with Crippen LogP contribution in [-0.2, 0) is 17.9 Å². The summed E-state index contributed by atoms with van der Waals surface area (Å²) in [6, 6.07) is 11.2. The first-order valence-corrected chi connectivity index (χ1v) is 6.23. The number of aromatic nitrogens is 2. The number of H-pyrrole nitrogens is 1. The molecule has 3 N–H and O–H groups in total. The zero-order valence-electron chi connectivity index (χ0n) is 10.9. The molecule has 1 aromatic carbocycles. The predicted molar refractivity (Wildman–Crippen MR) is 72.9 cm³/mol. The molecule has 0 aliphatic rings. The highest BCUT2D eigenvalue weighted by Crippen LogP contribution is 2.09. The normalized spacial score (nSPS) is 12.1. The Morgan fingerprint density at radius 1 is 1.32 bits per heavy atom. The van der Waals surface area contributed by atoms with Crippen LogP contribution in [0.25, 0.3) is 0 Å². The first-order chi connectivity index (χ1) is 9.16. The molecular weight excluding hydrogens is 240 g/mol. The number of rotatable bonds is 5. The predicted octanol–water partition coefficient (Wildman–Crippen LogP) is 1.29. The maximum atomic E-state index is 12.1. The molecular formula is C14H18N4O. The second kappa shape index (κ2) is 6.15. The molecule has 0 saturated carbocycles. The highest BCUT2D eigenvalue weighted by molar-refractivity contribution is 5.81. The van der Waals surface area contributed by atoms with E-state index in [0.29, 0.717) is 13.1 Å². The van der Waals surface area contributed by atoms with Gasteiger partial charge in [0, 0.05) is 12.7 Å². The fourth-order valence-electron chi connectivity index (χ4n) is 1.88. The van der Waals surface area contributed by atoms with Gasteiger partial charge in [-0.2, -0.15) is 5.10 Å². The summed E-state index contributed by atoms with van der Waals surface area (Å²) >= 11 is 0. The Kier molecular flexibility index (Phi) is 4.30. The third kappa shape index (κ3) is 3.66. The average Bonchev–Trinajstić information content (AvgIpc) is 2.91. The molecule has 0 saturated heterocycles. The Morgan fingerprint density at radius 3 is 2.63 bits per heavy atom. The third-order valence-corrected chi connectivity index (χ3v) is 2.84. The van der Waals surface area contributed by atoms with Crippen molar-refractivity contribution in [3.8, 4) is 0 Å². The maximum Gasteiger partial charge on any atom is 0.239 e. The lowest BCUT2D eigenvalue weighted by Crippen LogP contribution is -2.41. The van der Waals surface area contributed by atoms with Gasteiger partial charge < -0.3 is 10.6 Å². The van der Waals surface area contributed by atoms with Crippen molar-refractivity contribution in [3.63, 3.8) is 0 Å². The minimum absolute atomic E-state index is 0.0709. The van der Waals surface area contributed by atoms with Crippen LogP contribution in [0.15, 0.2) is 42.6 Å². The Balaban J connectivity index is 2.12. The minimum atomic E-state index is -0.508. The molecule has 100 valence electrons. The molecule has 0 aliphatic carbocycles. The number of carbonyl (C=O) groups excluding carboxylic acids is 1. The summed E-state index contributed by atoms with van der Waals surface area (Å²) < 4.78 is 0. The van der Waals surface area contributed by atoms with Gasteiger partial charge in [0.05, 0.1) is 18.3 Å². The van der Waals surface area contributed by atoms with Gasteiger partial charge in [-0.1, -0.05) is 30.3 Å². The van der Waals surface area contributed by atoms with Crippen molar-refractivity contribution in [1.82, 2.24) is 15.1 Å². The Morgan fingerprint density at radius 2 is 2.05 bits per heavy atom. The van der Waals surface area contributed by atoms with Gasteiger partial charge in [0.25, 0.3) is 0 Å². The standard InChI is InChI=1S/C14H18N4O/c1-11(15)14(19)18(10-13-7-8-16-17-13)9-12-5-3-2-4-6-12/h2-8,11H,9-10,15H2,1H3,(H,16,17)/t11-/m1/s1. The second-order valence-electron chi connectivity index (χ2n) is 4.55. The van der Waals surface area contributed by atoms with Crippen LogP contribution in [0.4, 0.5) is 0 Å². The number of carbonyl (C=O) groups is 1. The van der Waals surface area contributed by atoms with Crippen LogP contribution in [0.2, 0.25) is 0 Å². The largest absolute Gasteiger partial charge is 0.331 e. The SMILES string of the molecule is C[C@@H](N)C(=O)N(Cc1ccccc1)Cc1ccn[nH]1. The van der Waals surface area contributed by atoms with Crippen LogP contribution in [0.5, 0.6) is 0 Å². The first-order valence-electron chi connectivity index (χ1n) is 6.23. The molecule has 19 heavy (non-hydrogen) atoms. The molecule has 0 spiro atoms. The van der Waals surface area contributed by atoms with E-state index in [1.165, 1.54) is 0 Å².